The van der Waals surface area contributed by atoms with E-state index in [1.165, 1.54) is 0 Å². The number of aliphatic hydroxyl groups excluding tert-OH is 1. The number of nitrogens with zero attached hydrogens (tertiary/aromatic N) is 1. The fourth-order valence-electron chi connectivity index (χ4n) is 0.489. The highest BCUT2D eigenvalue weighted by Crippen LogP contribution is 2.12. The third kappa shape index (κ3) is 0.533. The average Bonchev–Trinajstić information content (AvgIpc) is 2.19. The van der Waals surface area contributed by atoms with E-state index in [0.717, 1.165) is 6.54 Å². The highest BCUT2D eigenvalue weighted by atomic mass is 16.3. The molecule has 0 aromatic carbocycles. The van der Waals surface area contributed by atoms with Crippen molar-refractivity contribution in [2.75, 3.05) is 13.3 Å². The first-order chi connectivity index (χ1) is 2.84. The summed E-state index contributed by atoms with van der Waals surface area (Å²) >= 11 is 0. The summed E-state index contributed by atoms with van der Waals surface area (Å²) in [6, 6.07) is 0.648. The summed E-state index contributed by atoms with van der Waals surface area (Å²) in [5, 5.41) is 8.30. The molecule has 1 aliphatic heterocycles. The third-order valence-electron chi connectivity index (χ3n) is 1.17. The lowest BCUT2D eigenvalue weighted by Crippen LogP contribution is -1.98. The van der Waals surface area contributed by atoms with E-state index in [0.29, 0.717) is 6.04 Å². The molecule has 0 aromatic heterocycles. The maximum Gasteiger partial charge on any atom is 0.0959 e. The molecular weight excluding hydrogens is 78.0 g/mol. The smallest absolute Gasteiger partial charge is 0.0959 e. The Bertz CT molecular complexity index is 53.5. The zero-order valence-electron chi connectivity index (χ0n) is 3.89. The predicted molar refractivity (Wildman–Crippen MR) is 23.3 cm³/mol. The van der Waals surface area contributed by atoms with Crippen LogP contribution in [0.5, 0.6) is 0 Å². The molecule has 1 aliphatic rings. The molecule has 1 heterocycles. The minimum atomic E-state index is 0.237. The summed E-state index contributed by atoms with van der Waals surface area (Å²) in [7, 11) is 0. The Labute approximate surface area is 37.4 Å². The molecule has 0 aromatic rings. The SMILES string of the molecule is C[C@H]1CN1CO. The van der Waals surface area contributed by atoms with Crippen molar-refractivity contribution in [2.24, 2.45) is 0 Å². The summed E-state index contributed by atoms with van der Waals surface area (Å²) in [6.07, 6.45) is 0. The summed E-state index contributed by atoms with van der Waals surface area (Å²) in [4.78, 5) is 1.97. The van der Waals surface area contributed by atoms with Gasteiger partial charge in [0.15, 0.2) is 0 Å². The second kappa shape index (κ2) is 1.21. The number of aliphatic hydroxyl groups is 1. The molecular formula is C4H9NO. The lowest BCUT2D eigenvalue weighted by atomic mass is 10.6. The molecule has 0 bridgehead atoms. The molecule has 2 nitrogen and oxygen atoms in total. The maximum absolute atomic E-state index is 8.30. The topological polar surface area (TPSA) is 23.2 Å². The van der Waals surface area contributed by atoms with Gasteiger partial charge in [-0.1, -0.05) is 0 Å². The Morgan fingerprint density at radius 1 is 2.00 bits per heavy atom. The van der Waals surface area contributed by atoms with E-state index in [2.05, 4.69) is 6.92 Å². The summed E-state index contributed by atoms with van der Waals surface area (Å²) in [6.45, 7) is 3.41. The molecule has 1 saturated heterocycles. The maximum atomic E-state index is 8.30. The average molecular weight is 87.1 g/mol. The zero-order valence-corrected chi connectivity index (χ0v) is 3.89. The fourth-order valence-corrected chi connectivity index (χ4v) is 0.489. The standard InChI is InChI=1S/C4H9NO/c1-4-2-5(4)3-6/h4,6H,2-3H2,1H3/t4-,5?/m0/s1. The first-order valence-electron chi connectivity index (χ1n) is 2.19. The van der Waals surface area contributed by atoms with Crippen molar-refractivity contribution in [3.8, 4) is 0 Å². The quantitative estimate of drug-likeness (QED) is 0.441. The monoisotopic (exact) mass is 87.1 g/mol. The molecule has 0 spiro atoms. The van der Waals surface area contributed by atoms with E-state index < -0.39 is 0 Å². The Balaban J connectivity index is 2.09. The van der Waals surface area contributed by atoms with Gasteiger partial charge in [-0.3, -0.25) is 4.90 Å². The molecule has 2 heteroatoms. The highest BCUT2D eigenvalue weighted by Gasteiger charge is 2.26. The van der Waals surface area contributed by atoms with Gasteiger partial charge in [0.05, 0.1) is 6.73 Å². The van der Waals surface area contributed by atoms with E-state index in [1.54, 1.807) is 0 Å². The lowest BCUT2D eigenvalue weighted by Gasteiger charge is -1.86. The molecule has 1 unspecified atom stereocenters. The Kier molecular flexibility index (Phi) is 0.821. The van der Waals surface area contributed by atoms with Crippen LogP contribution in [0.1, 0.15) is 6.92 Å². The van der Waals surface area contributed by atoms with Crippen molar-refractivity contribution in [1.82, 2.24) is 4.90 Å². The van der Waals surface area contributed by atoms with Crippen LogP contribution in [0.4, 0.5) is 0 Å². The van der Waals surface area contributed by atoms with Crippen LogP contribution in [0, 0.1) is 0 Å². The first kappa shape index (κ1) is 4.09. The van der Waals surface area contributed by atoms with Crippen LogP contribution in [-0.2, 0) is 0 Å². The van der Waals surface area contributed by atoms with Crippen molar-refractivity contribution in [1.29, 1.82) is 0 Å². The molecule has 1 fully saturated rings. The van der Waals surface area contributed by atoms with Crippen molar-refractivity contribution in [3.63, 3.8) is 0 Å². The van der Waals surface area contributed by atoms with Crippen LogP contribution in [0.25, 0.3) is 0 Å². The van der Waals surface area contributed by atoms with Gasteiger partial charge in [-0.05, 0) is 6.92 Å². The van der Waals surface area contributed by atoms with Gasteiger partial charge in [0.25, 0.3) is 0 Å². The molecule has 1 N–H and O–H groups in total. The summed E-state index contributed by atoms with van der Waals surface area (Å²) < 4.78 is 0. The van der Waals surface area contributed by atoms with Crippen molar-refractivity contribution >= 4 is 0 Å². The van der Waals surface area contributed by atoms with Crippen LogP contribution in [0.15, 0.2) is 0 Å². The fraction of sp³-hybridized carbons (Fsp3) is 1.00. The Morgan fingerprint density at radius 2 is 2.50 bits per heavy atom. The largest absolute Gasteiger partial charge is 0.381 e. The van der Waals surface area contributed by atoms with E-state index >= 15 is 0 Å². The lowest BCUT2D eigenvalue weighted by molar-refractivity contribution is 0.196. The van der Waals surface area contributed by atoms with E-state index in [4.69, 9.17) is 5.11 Å². The Morgan fingerprint density at radius 3 is 2.50 bits per heavy atom. The summed E-state index contributed by atoms with van der Waals surface area (Å²) in [5.74, 6) is 0. The van der Waals surface area contributed by atoms with Gasteiger partial charge in [-0.25, -0.2) is 0 Å². The molecule has 1 rings (SSSR count). The van der Waals surface area contributed by atoms with Crippen LogP contribution in [0.3, 0.4) is 0 Å². The van der Waals surface area contributed by atoms with Gasteiger partial charge < -0.3 is 5.11 Å². The van der Waals surface area contributed by atoms with Gasteiger partial charge in [-0.2, -0.15) is 0 Å². The number of rotatable bonds is 1. The van der Waals surface area contributed by atoms with Crippen molar-refractivity contribution < 1.29 is 5.11 Å². The minimum absolute atomic E-state index is 0.237. The number of hydrogen-bond acceptors (Lipinski definition) is 2. The van der Waals surface area contributed by atoms with Crippen LogP contribution in [-0.4, -0.2) is 29.3 Å². The predicted octanol–water partition coefficient (Wildman–Crippen LogP) is -0.360. The van der Waals surface area contributed by atoms with Gasteiger partial charge in [-0.15, -0.1) is 0 Å². The van der Waals surface area contributed by atoms with E-state index in [-0.39, 0.29) is 6.73 Å². The molecule has 2 atom stereocenters. The van der Waals surface area contributed by atoms with Crippen LogP contribution in [0.2, 0.25) is 0 Å². The molecule has 36 valence electrons. The molecule has 0 amide bonds. The van der Waals surface area contributed by atoms with Crippen molar-refractivity contribution in [2.45, 2.75) is 13.0 Å². The zero-order chi connectivity index (χ0) is 4.57. The second-order valence-electron chi connectivity index (χ2n) is 1.76. The molecule has 0 saturated carbocycles. The minimum Gasteiger partial charge on any atom is -0.381 e. The van der Waals surface area contributed by atoms with Crippen LogP contribution >= 0.6 is 0 Å². The van der Waals surface area contributed by atoms with Crippen LogP contribution < -0.4 is 0 Å². The van der Waals surface area contributed by atoms with Gasteiger partial charge in [0.1, 0.15) is 0 Å². The summed E-state index contributed by atoms with van der Waals surface area (Å²) in [5.41, 5.74) is 0. The van der Waals surface area contributed by atoms with Crippen molar-refractivity contribution in [3.05, 3.63) is 0 Å². The van der Waals surface area contributed by atoms with Gasteiger partial charge in [0.2, 0.25) is 0 Å². The first-order valence-corrected chi connectivity index (χ1v) is 2.19. The Hall–Kier alpha value is -0.0800. The van der Waals surface area contributed by atoms with Gasteiger partial charge >= 0.3 is 0 Å². The molecule has 0 aliphatic carbocycles. The van der Waals surface area contributed by atoms with E-state index in [1.807, 2.05) is 4.90 Å². The van der Waals surface area contributed by atoms with E-state index in [9.17, 15) is 0 Å². The number of hydrogen-bond donors (Lipinski definition) is 1. The third-order valence-corrected chi connectivity index (χ3v) is 1.17. The second-order valence-corrected chi connectivity index (χ2v) is 1.76. The molecule has 0 radical (unpaired) electrons. The normalized spacial score (nSPS) is 43.0. The van der Waals surface area contributed by atoms with Gasteiger partial charge in [0, 0.05) is 12.6 Å². The molecule has 6 heavy (non-hydrogen) atoms. The highest BCUT2D eigenvalue weighted by molar-refractivity contribution is 4.81.